The van der Waals surface area contributed by atoms with E-state index in [0.717, 1.165) is 29.0 Å². The van der Waals surface area contributed by atoms with Crippen LogP contribution in [0, 0.1) is 6.92 Å². The van der Waals surface area contributed by atoms with Crippen molar-refractivity contribution in [2.24, 2.45) is 4.99 Å². The molecule has 0 unspecified atom stereocenters. The van der Waals surface area contributed by atoms with Crippen LogP contribution in [-0.4, -0.2) is 33.4 Å². The Morgan fingerprint density at radius 1 is 1.20 bits per heavy atom. The molecule has 3 heterocycles. The van der Waals surface area contributed by atoms with Crippen LogP contribution in [0.25, 0.3) is 11.1 Å². The van der Waals surface area contributed by atoms with Crippen LogP contribution in [0.5, 0.6) is 6.01 Å². The molecule has 0 atom stereocenters. The second-order valence-electron chi connectivity index (χ2n) is 7.25. The maximum atomic E-state index is 12.8. The van der Waals surface area contributed by atoms with Gasteiger partial charge in [-0.05, 0) is 35.9 Å². The molecule has 1 aromatic carbocycles. The van der Waals surface area contributed by atoms with E-state index in [9.17, 15) is 18.3 Å². The molecule has 10 nitrogen and oxygen atoms in total. The third-order valence-electron chi connectivity index (χ3n) is 4.75. The lowest BCUT2D eigenvalue weighted by atomic mass is 10.1. The summed E-state index contributed by atoms with van der Waals surface area (Å²) in [5.41, 5.74) is 2.09. The van der Waals surface area contributed by atoms with Gasteiger partial charge >= 0.3 is 18.1 Å². The fourth-order valence-electron chi connectivity index (χ4n) is 3.09. The summed E-state index contributed by atoms with van der Waals surface area (Å²) in [4.78, 5) is 16.4. The maximum Gasteiger partial charge on any atom is 0.416 e. The lowest BCUT2D eigenvalue weighted by Crippen LogP contribution is -2.35. The van der Waals surface area contributed by atoms with Gasteiger partial charge in [0.15, 0.2) is 0 Å². The van der Waals surface area contributed by atoms with Crippen LogP contribution >= 0.6 is 0 Å². The molecule has 1 N–H and O–H groups in total. The number of pyridine rings is 1. The highest BCUT2D eigenvalue weighted by atomic mass is 19.4. The molecule has 0 saturated heterocycles. The van der Waals surface area contributed by atoms with E-state index in [1.165, 1.54) is 30.1 Å². The molecule has 4 rings (SSSR count). The third-order valence-corrected chi connectivity index (χ3v) is 4.75. The lowest BCUT2D eigenvalue weighted by molar-refractivity contribution is -0.755. The van der Waals surface area contributed by atoms with E-state index in [1.54, 1.807) is 18.5 Å². The number of rotatable bonds is 6. The standard InChI is InChI=1S/C22H18F3N7O3/c1-13-18(10-27-21(28-13)34-2)14-6-7-17(26-9-14)11-32-12-19(35-31-32)30-20(33)29-16-5-3-4-15(8-16)22(23,24)25/h3-10,12H,11H2,1-2H3,(H-,29,30,31,33). The summed E-state index contributed by atoms with van der Waals surface area (Å²) in [6, 6.07) is 7.23. The average Bonchev–Trinajstić information content (AvgIpc) is 3.25. The first-order valence-corrected chi connectivity index (χ1v) is 10.1. The number of nitrogens with zero attached hydrogens (tertiary/aromatic N) is 6. The van der Waals surface area contributed by atoms with Crippen molar-refractivity contribution in [2.75, 3.05) is 12.4 Å². The van der Waals surface area contributed by atoms with E-state index < -0.39 is 17.8 Å². The molecular formula is C22H18F3N7O3. The Morgan fingerprint density at radius 2 is 2.03 bits per heavy atom. The lowest BCUT2D eigenvalue weighted by Gasteiger charge is -2.14. The Hall–Kier alpha value is -4.55. The smallest absolute Gasteiger partial charge is 0.416 e. The van der Waals surface area contributed by atoms with Crippen LogP contribution in [0.1, 0.15) is 17.0 Å². The molecule has 0 fully saturated rings. The fourth-order valence-corrected chi connectivity index (χ4v) is 3.09. The number of hydrogen-bond acceptors (Lipinski definition) is 8. The third kappa shape index (κ3) is 5.88. The largest absolute Gasteiger partial charge is 0.846 e. The highest BCUT2D eigenvalue weighted by Gasteiger charge is 2.30. The average molecular weight is 485 g/mol. The summed E-state index contributed by atoms with van der Waals surface area (Å²) >= 11 is 0. The van der Waals surface area contributed by atoms with Gasteiger partial charge in [-0.2, -0.15) is 18.2 Å². The van der Waals surface area contributed by atoms with Crippen molar-refractivity contribution in [1.82, 2.24) is 20.2 Å². The Balaban J connectivity index is 1.41. The van der Waals surface area contributed by atoms with Gasteiger partial charge in [0.2, 0.25) is 11.8 Å². The van der Waals surface area contributed by atoms with E-state index in [-0.39, 0.29) is 24.1 Å². The van der Waals surface area contributed by atoms with E-state index in [4.69, 9.17) is 9.26 Å². The van der Waals surface area contributed by atoms with Crippen molar-refractivity contribution in [3.63, 3.8) is 0 Å². The molecule has 0 aliphatic carbocycles. The Bertz CT molecular complexity index is 1360. The normalized spacial score (nSPS) is 12.0. The number of amidine groups is 1. The number of aryl methyl sites for hydroxylation is 1. The second-order valence-corrected chi connectivity index (χ2v) is 7.25. The molecule has 0 aliphatic heterocycles. The van der Waals surface area contributed by atoms with Gasteiger partial charge in [-0.1, -0.05) is 12.1 Å². The van der Waals surface area contributed by atoms with E-state index in [0.29, 0.717) is 5.69 Å². The van der Waals surface area contributed by atoms with Crippen LogP contribution in [0.3, 0.4) is 0 Å². The van der Waals surface area contributed by atoms with Crippen molar-refractivity contribution < 1.29 is 32.2 Å². The number of methoxy groups -OCH3 is 1. The van der Waals surface area contributed by atoms with Gasteiger partial charge in [0.1, 0.15) is 5.69 Å². The number of aromatic nitrogens is 5. The number of halogens is 3. The van der Waals surface area contributed by atoms with Crippen molar-refractivity contribution in [3.05, 3.63) is 71.9 Å². The van der Waals surface area contributed by atoms with Gasteiger partial charge in [-0.25, -0.2) is 9.98 Å². The molecule has 0 spiro atoms. The highest BCUT2D eigenvalue weighted by Crippen LogP contribution is 2.30. The zero-order valence-corrected chi connectivity index (χ0v) is 18.4. The molecule has 0 saturated carbocycles. The van der Waals surface area contributed by atoms with Gasteiger partial charge in [0.25, 0.3) is 6.20 Å². The van der Waals surface area contributed by atoms with Gasteiger partial charge in [-0.3, -0.25) is 9.51 Å². The van der Waals surface area contributed by atoms with Gasteiger partial charge in [-0.15, -0.1) is 0 Å². The molecule has 0 radical (unpaired) electrons. The van der Waals surface area contributed by atoms with Crippen molar-refractivity contribution in [3.8, 4) is 17.1 Å². The molecule has 0 bridgehead atoms. The van der Waals surface area contributed by atoms with Gasteiger partial charge in [0, 0.05) is 29.2 Å². The zero-order valence-electron chi connectivity index (χ0n) is 18.4. The Labute approximate surface area is 196 Å². The minimum absolute atomic E-state index is 0.0530. The first-order chi connectivity index (χ1) is 16.7. The summed E-state index contributed by atoms with van der Waals surface area (Å²) in [7, 11) is 1.49. The summed E-state index contributed by atoms with van der Waals surface area (Å²) < 4.78 is 49.8. The SMILES string of the molecule is COc1ncc(-c2ccc(C[n+]3cc(N=C([O-])Nc4cccc(C(F)(F)F)c4)on3)nc2)c(C)n1. The monoisotopic (exact) mass is 485 g/mol. The summed E-state index contributed by atoms with van der Waals surface area (Å²) in [6.45, 7) is 2.07. The summed E-state index contributed by atoms with van der Waals surface area (Å²) in [6.07, 6.45) is 0.162. The molecule has 35 heavy (non-hydrogen) atoms. The van der Waals surface area contributed by atoms with Crippen LogP contribution in [0.2, 0.25) is 0 Å². The van der Waals surface area contributed by atoms with E-state index in [1.807, 2.05) is 13.0 Å². The summed E-state index contributed by atoms with van der Waals surface area (Å²) in [5, 5.41) is 18.1. The number of alkyl halides is 3. The Kier molecular flexibility index (Phi) is 6.57. The maximum absolute atomic E-state index is 12.8. The molecule has 0 amide bonds. The number of aliphatic imine (C=N–C) groups is 1. The first-order valence-electron chi connectivity index (χ1n) is 10.1. The van der Waals surface area contributed by atoms with Crippen LogP contribution in [-0.2, 0) is 12.7 Å². The second kappa shape index (κ2) is 9.75. The number of benzene rings is 1. The quantitative estimate of drug-likeness (QED) is 0.251. The molecule has 3 aromatic heterocycles. The number of ether oxygens (including phenoxy) is 1. The van der Waals surface area contributed by atoms with Crippen LogP contribution in [0.15, 0.2) is 64.5 Å². The molecule has 0 aliphatic rings. The Morgan fingerprint density at radius 3 is 2.71 bits per heavy atom. The van der Waals surface area contributed by atoms with Gasteiger partial charge < -0.3 is 15.2 Å². The molecule has 4 aromatic rings. The molecule has 13 heteroatoms. The number of hydrogen-bond donors (Lipinski definition) is 1. The minimum Gasteiger partial charge on any atom is -0.846 e. The van der Waals surface area contributed by atoms with Crippen LogP contribution in [0.4, 0.5) is 24.7 Å². The summed E-state index contributed by atoms with van der Waals surface area (Å²) in [5.74, 6) is -0.128. The van der Waals surface area contributed by atoms with E-state index >= 15 is 0 Å². The van der Waals surface area contributed by atoms with E-state index in [2.05, 4.69) is 30.5 Å². The zero-order chi connectivity index (χ0) is 25.0. The van der Waals surface area contributed by atoms with Crippen molar-refractivity contribution in [2.45, 2.75) is 19.6 Å². The highest BCUT2D eigenvalue weighted by molar-refractivity contribution is 5.87. The van der Waals surface area contributed by atoms with Gasteiger partial charge in [0.05, 0.1) is 24.4 Å². The topological polar surface area (TPSA) is 125 Å². The van der Waals surface area contributed by atoms with Crippen LogP contribution < -0.4 is 19.8 Å². The van der Waals surface area contributed by atoms with Crippen molar-refractivity contribution in [1.29, 1.82) is 0 Å². The number of nitrogens with one attached hydrogen (secondary N) is 1. The minimum atomic E-state index is -4.53. The van der Waals surface area contributed by atoms with Crippen molar-refractivity contribution >= 4 is 17.6 Å². The molecule has 180 valence electrons. The predicted molar refractivity (Wildman–Crippen MR) is 115 cm³/mol. The molecular weight excluding hydrogens is 467 g/mol. The first kappa shape index (κ1) is 23.6. The fraction of sp³-hybridized carbons (Fsp3) is 0.182. The predicted octanol–water partition coefficient (Wildman–Crippen LogP) is 2.66. The number of anilines is 1.